The van der Waals surface area contributed by atoms with Gasteiger partial charge in [-0.05, 0) is 43.3 Å². The zero-order valence-electron chi connectivity index (χ0n) is 15.2. The SMILES string of the molecule is C=CCn1c(S[C@@H](C)C(=O)Nc2ccc(C#N)cc2)nnc1-c1ccncc1. The quantitative estimate of drug-likeness (QED) is 0.490. The van der Waals surface area contributed by atoms with Crippen molar-refractivity contribution in [1.82, 2.24) is 19.7 Å². The number of aromatic nitrogens is 4. The fraction of sp³-hybridized carbons (Fsp3) is 0.150. The number of allylic oxidation sites excluding steroid dienone is 1. The molecule has 0 saturated carbocycles. The number of nitrogens with one attached hydrogen (secondary N) is 1. The number of nitriles is 1. The van der Waals surface area contributed by atoms with E-state index in [4.69, 9.17) is 5.26 Å². The van der Waals surface area contributed by atoms with E-state index in [1.807, 2.05) is 23.6 Å². The third-order valence-electron chi connectivity index (χ3n) is 3.90. The lowest BCUT2D eigenvalue weighted by Gasteiger charge is -2.13. The zero-order chi connectivity index (χ0) is 19.9. The van der Waals surface area contributed by atoms with Crippen molar-refractivity contribution >= 4 is 23.4 Å². The van der Waals surface area contributed by atoms with Gasteiger partial charge in [-0.25, -0.2) is 0 Å². The number of nitrogens with zero attached hydrogens (tertiary/aromatic N) is 5. The molecular weight excluding hydrogens is 372 g/mol. The monoisotopic (exact) mass is 390 g/mol. The molecule has 2 aromatic heterocycles. The Morgan fingerprint density at radius 2 is 2.00 bits per heavy atom. The van der Waals surface area contributed by atoms with E-state index in [0.29, 0.717) is 28.8 Å². The number of carbonyl (C=O) groups excluding carboxylic acids is 1. The zero-order valence-corrected chi connectivity index (χ0v) is 16.1. The predicted octanol–water partition coefficient (Wildman–Crippen LogP) is 3.52. The number of amides is 1. The van der Waals surface area contributed by atoms with E-state index in [2.05, 4.69) is 33.1 Å². The van der Waals surface area contributed by atoms with Gasteiger partial charge in [0.1, 0.15) is 0 Å². The van der Waals surface area contributed by atoms with Crippen molar-refractivity contribution in [2.24, 2.45) is 0 Å². The van der Waals surface area contributed by atoms with E-state index in [9.17, 15) is 4.79 Å². The number of anilines is 1. The highest BCUT2D eigenvalue weighted by molar-refractivity contribution is 8.00. The molecule has 0 bridgehead atoms. The Labute approximate surface area is 167 Å². The molecule has 8 heteroatoms. The Bertz CT molecular complexity index is 1010. The standard InChI is InChI=1S/C20H18N6OS/c1-3-12-26-18(16-8-10-22-11-9-16)24-25-20(26)28-14(2)19(27)23-17-6-4-15(13-21)5-7-17/h3-11,14H,1,12H2,2H3,(H,23,27)/t14-/m0/s1. The first-order valence-electron chi connectivity index (χ1n) is 8.54. The highest BCUT2D eigenvalue weighted by Gasteiger charge is 2.20. The van der Waals surface area contributed by atoms with E-state index in [1.165, 1.54) is 11.8 Å². The summed E-state index contributed by atoms with van der Waals surface area (Å²) < 4.78 is 1.92. The molecule has 0 spiro atoms. The van der Waals surface area contributed by atoms with Crippen molar-refractivity contribution in [3.05, 3.63) is 67.0 Å². The average molecular weight is 390 g/mol. The fourth-order valence-electron chi connectivity index (χ4n) is 2.47. The molecule has 0 saturated heterocycles. The maximum Gasteiger partial charge on any atom is 0.237 e. The average Bonchev–Trinajstić information content (AvgIpc) is 3.11. The van der Waals surface area contributed by atoms with E-state index >= 15 is 0 Å². The minimum atomic E-state index is -0.395. The first-order chi connectivity index (χ1) is 13.6. The van der Waals surface area contributed by atoms with Gasteiger partial charge in [0.25, 0.3) is 0 Å². The van der Waals surface area contributed by atoms with Gasteiger partial charge >= 0.3 is 0 Å². The van der Waals surface area contributed by atoms with Crippen LogP contribution in [0.25, 0.3) is 11.4 Å². The van der Waals surface area contributed by atoms with Crippen molar-refractivity contribution in [1.29, 1.82) is 5.26 Å². The van der Waals surface area contributed by atoms with Crippen LogP contribution in [0.15, 0.2) is 66.6 Å². The Kier molecular flexibility index (Phi) is 6.19. The van der Waals surface area contributed by atoms with Crippen LogP contribution in [0, 0.1) is 11.3 Å². The summed E-state index contributed by atoms with van der Waals surface area (Å²) in [5.41, 5.74) is 2.08. The molecule has 0 aliphatic heterocycles. The summed E-state index contributed by atoms with van der Waals surface area (Å²) in [7, 11) is 0. The summed E-state index contributed by atoms with van der Waals surface area (Å²) in [4.78, 5) is 16.6. The van der Waals surface area contributed by atoms with Crippen LogP contribution in [0.3, 0.4) is 0 Å². The summed E-state index contributed by atoms with van der Waals surface area (Å²) in [5, 5.41) is 20.5. The molecule has 2 heterocycles. The highest BCUT2D eigenvalue weighted by atomic mass is 32.2. The van der Waals surface area contributed by atoms with E-state index in [0.717, 1.165) is 5.56 Å². The second kappa shape index (κ2) is 8.97. The van der Waals surface area contributed by atoms with Crippen molar-refractivity contribution < 1.29 is 4.79 Å². The summed E-state index contributed by atoms with van der Waals surface area (Å²) in [5.74, 6) is 0.540. The van der Waals surface area contributed by atoms with Crippen molar-refractivity contribution in [2.75, 3.05) is 5.32 Å². The van der Waals surface area contributed by atoms with Crippen molar-refractivity contribution in [3.8, 4) is 17.5 Å². The highest BCUT2D eigenvalue weighted by Crippen LogP contribution is 2.27. The van der Waals surface area contributed by atoms with Gasteiger partial charge in [-0.3, -0.25) is 14.3 Å². The lowest BCUT2D eigenvalue weighted by atomic mass is 10.2. The number of hydrogen-bond acceptors (Lipinski definition) is 6. The van der Waals surface area contributed by atoms with E-state index in [1.54, 1.807) is 42.7 Å². The second-order valence-corrected chi connectivity index (χ2v) is 7.19. The summed E-state index contributed by atoms with van der Waals surface area (Å²) in [6, 6.07) is 12.5. The number of hydrogen-bond donors (Lipinski definition) is 1. The maximum absolute atomic E-state index is 12.5. The molecule has 0 aliphatic rings. The minimum absolute atomic E-state index is 0.159. The Morgan fingerprint density at radius 1 is 1.29 bits per heavy atom. The summed E-state index contributed by atoms with van der Waals surface area (Å²) in [6.45, 7) is 6.13. The fourth-order valence-corrected chi connectivity index (χ4v) is 3.33. The molecule has 7 nitrogen and oxygen atoms in total. The summed E-state index contributed by atoms with van der Waals surface area (Å²) in [6.07, 6.45) is 5.16. The lowest BCUT2D eigenvalue weighted by molar-refractivity contribution is -0.115. The second-order valence-electron chi connectivity index (χ2n) is 5.88. The van der Waals surface area contributed by atoms with Crippen LogP contribution in [-0.2, 0) is 11.3 Å². The number of benzene rings is 1. The molecule has 1 N–H and O–H groups in total. The Hall–Kier alpha value is -3.44. The molecule has 3 rings (SSSR count). The minimum Gasteiger partial charge on any atom is -0.325 e. The molecule has 0 aliphatic carbocycles. The molecule has 1 aromatic carbocycles. The van der Waals surface area contributed by atoms with Gasteiger partial charge in [0, 0.05) is 30.2 Å². The van der Waals surface area contributed by atoms with Crippen LogP contribution in [0.1, 0.15) is 12.5 Å². The molecule has 0 fully saturated rings. The number of carbonyl (C=O) groups is 1. The van der Waals surface area contributed by atoms with E-state index in [-0.39, 0.29) is 5.91 Å². The smallest absolute Gasteiger partial charge is 0.237 e. The molecule has 0 radical (unpaired) electrons. The van der Waals surface area contributed by atoms with Gasteiger partial charge in [0.2, 0.25) is 5.91 Å². The van der Waals surface area contributed by atoms with Crippen LogP contribution in [0.4, 0.5) is 5.69 Å². The first kappa shape index (κ1) is 19.3. The predicted molar refractivity (Wildman–Crippen MR) is 109 cm³/mol. The van der Waals surface area contributed by atoms with Crippen LogP contribution >= 0.6 is 11.8 Å². The van der Waals surface area contributed by atoms with Crippen LogP contribution in [0.5, 0.6) is 0 Å². The Morgan fingerprint density at radius 3 is 2.64 bits per heavy atom. The van der Waals surface area contributed by atoms with Gasteiger partial charge in [0.05, 0.1) is 16.9 Å². The molecular formula is C20H18N6OS. The van der Waals surface area contributed by atoms with Gasteiger partial charge in [-0.1, -0.05) is 17.8 Å². The Balaban J connectivity index is 1.74. The topological polar surface area (TPSA) is 96.5 Å². The first-order valence-corrected chi connectivity index (χ1v) is 9.42. The van der Waals surface area contributed by atoms with Crippen molar-refractivity contribution in [2.45, 2.75) is 23.9 Å². The number of thioether (sulfide) groups is 1. The molecule has 28 heavy (non-hydrogen) atoms. The van der Waals surface area contributed by atoms with Crippen molar-refractivity contribution in [3.63, 3.8) is 0 Å². The molecule has 0 unspecified atom stereocenters. The molecule has 3 aromatic rings. The molecule has 140 valence electrons. The van der Waals surface area contributed by atoms with E-state index < -0.39 is 5.25 Å². The van der Waals surface area contributed by atoms with Gasteiger partial charge < -0.3 is 5.32 Å². The normalized spacial score (nSPS) is 11.4. The maximum atomic E-state index is 12.5. The van der Waals surface area contributed by atoms with Crippen LogP contribution in [0.2, 0.25) is 0 Å². The number of rotatable bonds is 7. The molecule has 1 atom stereocenters. The summed E-state index contributed by atoms with van der Waals surface area (Å²) >= 11 is 1.32. The third-order valence-corrected chi connectivity index (χ3v) is 4.98. The van der Waals surface area contributed by atoms with Crippen LogP contribution < -0.4 is 5.32 Å². The van der Waals surface area contributed by atoms with Gasteiger partial charge in [-0.2, -0.15) is 5.26 Å². The molecule has 1 amide bonds. The third kappa shape index (κ3) is 4.45. The van der Waals surface area contributed by atoms with Crippen LogP contribution in [-0.4, -0.2) is 30.9 Å². The van der Waals surface area contributed by atoms with Gasteiger partial charge in [-0.15, -0.1) is 16.8 Å². The van der Waals surface area contributed by atoms with Gasteiger partial charge in [0.15, 0.2) is 11.0 Å². The number of pyridine rings is 1. The largest absolute Gasteiger partial charge is 0.325 e. The lowest BCUT2D eigenvalue weighted by Crippen LogP contribution is -2.23.